The third-order valence-electron chi connectivity index (χ3n) is 4.39. The normalized spacial score (nSPS) is 18.2. The van der Waals surface area contributed by atoms with Crippen molar-refractivity contribution >= 4 is 26.7 Å². The number of hydrogen-bond acceptors (Lipinski definition) is 5. The van der Waals surface area contributed by atoms with E-state index in [0.717, 1.165) is 42.1 Å². The highest BCUT2D eigenvalue weighted by Gasteiger charge is 2.23. The van der Waals surface area contributed by atoms with Crippen LogP contribution in [0, 0.1) is 6.92 Å². The zero-order chi connectivity index (χ0) is 16.4. The van der Waals surface area contributed by atoms with Crippen molar-refractivity contribution in [3.8, 4) is 0 Å². The van der Waals surface area contributed by atoms with Gasteiger partial charge in [0.2, 0.25) is 0 Å². The van der Waals surface area contributed by atoms with Gasteiger partial charge in [-0.2, -0.15) is 0 Å². The Morgan fingerprint density at radius 1 is 1.33 bits per heavy atom. The van der Waals surface area contributed by atoms with Gasteiger partial charge in [0, 0.05) is 25.5 Å². The van der Waals surface area contributed by atoms with E-state index >= 15 is 0 Å². The summed E-state index contributed by atoms with van der Waals surface area (Å²) in [5.41, 5.74) is 3.51. The predicted molar refractivity (Wildman–Crippen MR) is 98.6 cm³/mol. The summed E-state index contributed by atoms with van der Waals surface area (Å²) >= 11 is 1.78. The number of rotatable bonds is 4. The lowest BCUT2D eigenvalue weighted by Crippen LogP contribution is -2.39. The van der Waals surface area contributed by atoms with Crippen molar-refractivity contribution in [2.24, 2.45) is 0 Å². The average molecular weight is 339 g/mol. The minimum absolute atomic E-state index is 0.257. The Labute approximate surface area is 146 Å². The first-order valence-electron chi connectivity index (χ1n) is 8.40. The average Bonchev–Trinajstić information content (AvgIpc) is 3.04. The second-order valence-electron chi connectivity index (χ2n) is 6.35. The van der Waals surface area contributed by atoms with Crippen molar-refractivity contribution in [1.82, 2.24) is 9.97 Å². The largest absolute Gasteiger partial charge is 0.372 e. The maximum Gasteiger partial charge on any atom is 0.186 e. The van der Waals surface area contributed by atoms with Crippen molar-refractivity contribution in [2.45, 2.75) is 32.5 Å². The fourth-order valence-corrected chi connectivity index (χ4v) is 4.20. The first-order chi connectivity index (χ1) is 11.8. The molecule has 1 aromatic carbocycles. The van der Waals surface area contributed by atoms with E-state index in [1.807, 2.05) is 12.3 Å². The number of aromatic nitrogens is 2. The molecule has 1 fully saturated rings. The van der Waals surface area contributed by atoms with Crippen LogP contribution in [-0.2, 0) is 11.3 Å². The first kappa shape index (κ1) is 15.5. The Morgan fingerprint density at radius 3 is 3.17 bits per heavy atom. The quantitative estimate of drug-likeness (QED) is 0.714. The smallest absolute Gasteiger partial charge is 0.186 e. The zero-order valence-corrected chi connectivity index (χ0v) is 14.6. The molecule has 0 unspecified atom stereocenters. The van der Waals surface area contributed by atoms with Gasteiger partial charge in [-0.25, -0.2) is 4.98 Å². The van der Waals surface area contributed by atoms with Gasteiger partial charge in [0.1, 0.15) is 0 Å². The van der Waals surface area contributed by atoms with Crippen molar-refractivity contribution < 1.29 is 4.74 Å². The molecule has 4 rings (SSSR count). The Kier molecular flexibility index (Phi) is 4.45. The number of benzene rings is 1. The number of aryl methyl sites for hydroxylation is 1. The molecule has 3 heterocycles. The van der Waals surface area contributed by atoms with E-state index in [-0.39, 0.29) is 6.10 Å². The van der Waals surface area contributed by atoms with Crippen molar-refractivity contribution in [1.29, 1.82) is 0 Å². The lowest BCUT2D eigenvalue weighted by Gasteiger charge is -2.32. The van der Waals surface area contributed by atoms with Gasteiger partial charge < -0.3 is 9.64 Å². The fourth-order valence-electron chi connectivity index (χ4n) is 3.10. The van der Waals surface area contributed by atoms with Gasteiger partial charge in [-0.1, -0.05) is 23.5 Å². The highest BCUT2D eigenvalue weighted by Crippen LogP contribution is 2.31. The molecule has 5 heteroatoms. The molecule has 0 aliphatic carbocycles. The molecule has 24 heavy (non-hydrogen) atoms. The highest BCUT2D eigenvalue weighted by molar-refractivity contribution is 7.22. The van der Waals surface area contributed by atoms with Crippen LogP contribution in [-0.4, -0.2) is 29.2 Å². The van der Waals surface area contributed by atoms with Crippen LogP contribution in [0.3, 0.4) is 0 Å². The van der Waals surface area contributed by atoms with E-state index in [1.54, 1.807) is 17.5 Å². The van der Waals surface area contributed by atoms with Gasteiger partial charge in [-0.05, 0) is 49.1 Å². The van der Waals surface area contributed by atoms with Gasteiger partial charge in [0.05, 0.1) is 22.9 Å². The molecule has 124 valence electrons. The molecule has 0 N–H and O–H groups in total. The molecule has 0 radical (unpaired) electrons. The maximum atomic E-state index is 6.11. The molecule has 1 aliphatic rings. The Hall–Kier alpha value is -1.98. The lowest BCUT2D eigenvalue weighted by atomic mass is 10.1. The predicted octanol–water partition coefficient (Wildman–Crippen LogP) is 4.19. The van der Waals surface area contributed by atoms with Crippen LogP contribution in [0.5, 0.6) is 0 Å². The Morgan fingerprint density at radius 2 is 2.29 bits per heavy atom. The first-order valence-corrected chi connectivity index (χ1v) is 9.22. The number of piperidine rings is 1. The molecular formula is C19H21N3OS. The van der Waals surface area contributed by atoms with Gasteiger partial charge in [0.25, 0.3) is 0 Å². The lowest BCUT2D eigenvalue weighted by molar-refractivity contribution is 0.0314. The molecule has 3 aromatic rings. The van der Waals surface area contributed by atoms with Gasteiger partial charge >= 0.3 is 0 Å². The summed E-state index contributed by atoms with van der Waals surface area (Å²) in [6.07, 6.45) is 6.18. The summed E-state index contributed by atoms with van der Waals surface area (Å²) in [5, 5.41) is 1.12. The van der Waals surface area contributed by atoms with Crippen molar-refractivity contribution in [2.75, 3.05) is 18.0 Å². The van der Waals surface area contributed by atoms with Crippen LogP contribution in [0.25, 0.3) is 10.2 Å². The summed E-state index contributed by atoms with van der Waals surface area (Å²) < 4.78 is 7.38. The monoisotopic (exact) mass is 339 g/mol. The number of fused-ring (bicyclic) bond motifs is 1. The number of hydrogen-bond donors (Lipinski definition) is 0. The Balaban J connectivity index is 1.43. The second kappa shape index (κ2) is 6.87. The molecule has 1 saturated heterocycles. The molecule has 0 spiro atoms. The summed E-state index contributed by atoms with van der Waals surface area (Å²) in [5.74, 6) is 0. The van der Waals surface area contributed by atoms with Crippen LogP contribution in [0.2, 0.25) is 0 Å². The molecule has 4 nitrogen and oxygen atoms in total. The summed E-state index contributed by atoms with van der Waals surface area (Å²) in [4.78, 5) is 11.3. The molecule has 0 saturated carbocycles. The van der Waals surface area contributed by atoms with Gasteiger partial charge in [-0.15, -0.1) is 0 Å². The van der Waals surface area contributed by atoms with E-state index in [1.165, 1.54) is 10.3 Å². The second-order valence-corrected chi connectivity index (χ2v) is 7.36. The molecule has 0 bridgehead atoms. The molecule has 1 atom stereocenters. The Bertz CT molecular complexity index is 818. The third kappa shape index (κ3) is 3.42. The highest BCUT2D eigenvalue weighted by atomic mass is 32.1. The van der Waals surface area contributed by atoms with Gasteiger partial charge in [-0.3, -0.25) is 4.98 Å². The van der Waals surface area contributed by atoms with E-state index in [4.69, 9.17) is 9.72 Å². The van der Waals surface area contributed by atoms with E-state index in [2.05, 4.69) is 41.1 Å². The standard InChI is InChI=1S/C19H21N3OS/c1-14-6-7-17-18(10-14)24-19(21-17)22-9-3-5-16(12-22)23-13-15-4-2-8-20-11-15/h2,4,6-8,10-11,16H,3,5,9,12-13H2,1H3/t16-/m1/s1. The zero-order valence-electron chi connectivity index (χ0n) is 13.8. The molecule has 2 aromatic heterocycles. The topological polar surface area (TPSA) is 38.2 Å². The van der Waals surface area contributed by atoms with Crippen molar-refractivity contribution in [3.63, 3.8) is 0 Å². The van der Waals surface area contributed by atoms with Crippen LogP contribution in [0.1, 0.15) is 24.0 Å². The van der Waals surface area contributed by atoms with Crippen LogP contribution < -0.4 is 4.90 Å². The fraction of sp³-hybridized carbons (Fsp3) is 0.368. The maximum absolute atomic E-state index is 6.11. The summed E-state index contributed by atoms with van der Waals surface area (Å²) in [6, 6.07) is 10.5. The summed E-state index contributed by atoms with van der Waals surface area (Å²) in [7, 11) is 0. The minimum Gasteiger partial charge on any atom is -0.372 e. The van der Waals surface area contributed by atoms with Crippen molar-refractivity contribution in [3.05, 3.63) is 53.9 Å². The SMILES string of the molecule is Cc1ccc2nc(N3CCC[C@@H](OCc4cccnc4)C3)sc2c1. The number of ether oxygens (including phenoxy) is 1. The molecule has 0 amide bonds. The van der Waals surface area contributed by atoms with Crippen LogP contribution in [0.4, 0.5) is 5.13 Å². The number of anilines is 1. The number of nitrogens with zero attached hydrogens (tertiary/aromatic N) is 3. The minimum atomic E-state index is 0.257. The number of thiazole rings is 1. The number of pyridine rings is 1. The van der Waals surface area contributed by atoms with Crippen LogP contribution in [0.15, 0.2) is 42.7 Å². The van der Waals surface area contributed by atoms with E-state index in [0.29, 0.717) is 6.61 Å². The van der Waals surface area contributed by atoms with Crippen LogP contribution >= 0.6 is 11.3 Å². The van der Waals surface area contributed by atoms with E-state index < -0.39 is 0 Å². The third-order valence-corrected chi connectivity index (χ3v) is 5.47. The van der Waals surface area contributed by atoms with E-state index in [9.17, 15) is 0 Å². The van der Waals surface area contributed by atoms with Gasteiger partial charge in [0.15, 0.2) is 5.13 Å². The molecular weight excluding hydrogens is 318 g/mol. The molecule has 1 aliphatic heterocycles. The summed E-state index contributed by atoms with van der Waals surface area (Å²) in [6.45, 7) is 4.73.